The van der Waals surface area contributed by atoms with Gasteiger partial charge in [0.25, 0.3) is 0 Å². The van der Waals surface area contributed by atoms with Crippen molar-refractivity contribution in [3.05, 3.63) is 29.8 Å². The Balaban J connectivity index is 2.82. The highest BCUT2D eigenvalue weighted by atomic mass is 32.2. The minimum absolute atomic E-state index is 0.00906. The third-order valence-electron chi connectivity index (χ3n) is 2.34. The maximum atomic E-state index is 11.9. The smallest absolute Gasteiger partial charge is 0.240 e. The zero-order chi connectivity index (χ0) is 13.1. The number of rotatable bonds is 5. The van der Waals surface area contributed by atoms with Crippen LogP contribution in [0.5, 0.6) is 0 Å². The van der Waals surface area contributed by atoms with Crippen molar-refractivity contribution in [3.8, 4) is 0 Å². The lowest BCUT2D eigenvalue weighted by atomic mass is 10.1. The SMILES string of the molecule is CCc1ccc(S(=O)(=O)NCC(C)(C)O)cc1. The first-order valence-corrected chi connectivity index (χ1v) is 7.04. The first kappa shape index (κ1) is 14.2. The van der Waals surface area contributed by atoms with Gasteiger partial charge in [-0.3, -0.25) is 0 Å². The second-order valence-electron chi connectivity index (χ2n) is 4.63. The first-order chi connectivity index (χ1) is 7.74. The quantitative estimate of drug-likeness (QED) is 0.835. The van der Waals surface area contributed by atoms with Gasteiger partial charge in [0.05, 0.1) is 10.5 Å². The number of nitrogens with one attached hydrogen (secondary N) is 1. The van der Waals surface area contributed by atoms with E-state index in [0.717, 1.165) is 12.0 Å². The topological polar surface area (TPSA) is 66.4 Å². The highest BCUT2D eigenvalue weighted by Crippen LogP contribution is 2.11. The average molecular weight is 257 g/mol. The van der Waals surface area contributed by atoms with E-state index in [1.165, 1.54) is 0 Å². The van der Waals surface area contributed by atoms with Crippen LogP contribution in [-0.4, -0.2) is 25.7 Å². The summed E-state index contributed by atoms with van der Waals surface area (Å²) in [7, 11) is -3.53. The van der Waals surface area contributed by atoms with Crippen LogP contribution in [0.3, 0.4) is 0 Å². The van der Waals surface area contributed by atoms with E-state index in [-0.39, 0.29) is 11.4 Å². The van der Waals surface area contributed by atoms with Crippen molar-refractivity contribution in [2.75, 3.05) is 6.54 Å². The van der Waals surface area contributed by atoms with E-state index in [4.69, 9.17) is 0 Å². The normalized spacial score (nSPS) is 12.7. The molecule has 0 saturated heterocycles. The van der Waals surface area contributed by atoms with E-state index in [1.54, 1.807) is 38.1 Å². The molecule has 0 saturated carbocycles. The molecule has 0 atom stereocenters. The van der Waals surface area contributed by atoms with Gasteiger partial charge in [-0.15, -0.1) is 0 Å². The molecule has 0 unspecified atom stereocenters. The summed E-state index contributed by atoms with van der Waals surface area (Å²) in [6, 6.07) is 6.73. The molecule has 4 nitrogen and oxygen atoms in total. The van der Waals surface area contributed by atoms with Crippen molar-refractivity contribution in [3.63, 3.8) is 0 Å². The Morgan fingerprint density at radius 2 is 1.76 bits per heavy atom. The Hall–Kier alpha value is -0.910. The first-order valence-electron chi connectivity index (χ1n) is 5.55. The Morgan fingerprint density at radius 1 is 1.24 bits per heavy atom. The molecule has 5 heteroatoms. The fourth-order valence-corrected chi connectivity index (χ4v) is 2.46. The van der Waals surface area contributed by atoms with E-state index in [2.05, 4.69) is 4.72 Å². The third-order valence-corrected chi connectivity index (χ3v) is 3.75. The van der Waals surface area contributed by atoms with Crippen LogP contribution in [0, 0.1) is 0 Å². The van der Waals surface area contributed by atoms with Gasteiger partial charge in [-0.2, -0.15) is 0 Å². The maximum absolute atomic E-state index is 11.9. The van der Waals surface area contributed by atoms with Crippen LogP contribution in [0.2, 0.25) is 0 Å². The van der Waals surface area contributed by atoms with Crippen LogP contribution < -0.4 is 4.72 Å². The zero-order valence-corrected chi connectivity index (χ0v) is 11.2. The molecule has 0 bridgehead atoms. The average Bonchev–Trinajstić information content (AvgIpc) is 2.26. The molecule has 1 rings (SSSR count). The lowest BCUT2D eigenvalue weighted by molar-refractivity contribution is 0.0857. The molecule has 0 aliphatic rings. The molecule has 1 aromatic carbocycles. The molecule has 2 N–H and O–H groups in total. The third kappa shape index (κ3) is 4.46. The minimum Gasteiger partial charge on any atom is -0.389 e. The molecule has 0 fully saturated rings. The summed E-state index contributed by atoms with van der Waals surface area (Å²) in [4.78, 5) is 0.221. The van der Waals surface area contributed by atoms with Crippen LogP contribution in [-0.2, 0) is 16.4 Å². The molecule has 0 aromatic heterocycles. The van der Waals surface area contributed by atoms with Crippen molar-refractivity contribution < 1.29 is 13.5 Å². The van der Waals surface area contributed by atoms with Gasteiger partial charge in [-0.1, -0.05) is 19.1 Å². The number of aryl methyl sites for hydroxylation is 1. The summed E-state index contributed by atoms with van der Waals surface area (Å²) < 4.78 is 26.1. The molecule has 1 aromatic rings. The highest BCUT2D eigenvalue weighted by molar-refractivity contribution is 7.89. The monoisotopic (exact) mass is 257 g/mol. The summed E-state index contributed by atoms with van der Waals surface area (Å²) in [5.41, 5.74) is 0.0302. The van der Waals surface area contributed by atoms with Gasteiger partial charge in [0.1, 0.15) is 0 Å². The van der Waals surface area contributed by atoms with Gasteiger partial charge >= 0.3 is 0 Å². The van der Waals surface area contributed by atoms with E-state index < -0.39 is 15.6 Å². The van der Waals surface area contributed by atoms with Gasteiger partial charge in [-0.25, -0.2) is 13.1 Å². The Kier molecular flexibility index (Phi) is 4.30. The molecule has 17 heavy (non-hydrogen) atoms. The fraction of sp³-hybridized carbons (Fsp3) is 0.500. The number of hydrogen-bond acceptors (Lipinski definition) is 3. The summed E-state index contributed by atoms with van der Waals surface area (Å²) in [5.74, 6) is 0. The van der Waals surface area contributed by atoms with Gasteiger partial charge in [0.15, 0.2) is 0 Å². The number of aliphatic hydroxyl groups is 1. The van der Waals surface area contributed by atoms with Crippen molar-refractivity contribution in [1.29, 1.82) is 0 Å². The second kappa shape index (κ2) is 5.16. The van der Waals surface area contributed by atoms with E-state index in [1.807, 2.05) is 6.92 Å². The molecule has 0 aliphatic carbocycles. The van der Waals surface area contributed by atoms with Gasteiger partial charge in [-0.05, 0) is 38.0 Å². The minimum atomic E-state index is -3.53. The molecule has 96 valence electrons. The molecule has 0 heterocycles. The highest BCUT2D eigenvalue weighted by Gasteiger charge is 2.19. The number of hydrogen-bond donors (Lipinski definition) is 2. The van der Waals surface area contributed by atoms with E-state index in [9.17, 15) is 13.5 Å². The zero-order valence-electron chi connectivity index (χ0n) is 10.4. The van der Waals surface area contributed by atoms with Crippen molar-refractivity contribution in [2.24, 2.45) is 0 Å². The van der Waals surface area contributed by atoms with Crippen molar-refractivity contribution in [1.82, 2.24) is 4.72 Å². The van der Waals surface area contributed by atoms with Gasteiger partial charge < -0.3 is 5.11 Å². The molecule has 0 aliphatic heterocycles. The maximum Gasteiger partial charge on any atom is 0.240 e. The van der Waals surface area contributed by atoms with Crippen LogP contribution in [0.4, 0.5) is 0 Å². The largest absolute Gasteiger partial charge is 0.389 e. The second-order valence-corrected chi connectivity index (χ2v) is 6.40. The predicted molar refractivity (Wildman–Crippen MR) is 67.3 cm³/mol. The molecular formula is C12H19NO3S. The standard InChI is InChI=1S/C12H19NO3S/c1-4-10-5-7-11(8-6-10)17(15,16)13-9-12(2,3)14/h5-8,13-14H,4,9H2,1-3H3. The van der Waals surface area contributed by atoms with E-state index in [0.29, 0.717) is 0 Å². The Labute approximate surface area is 103 Å². The number of benzene rings is 1. The Morgan fingerprint density at radius 3 is 2.18 bits per heavy atom. The molecule has 0 amide bonds. The van der Waals surface area contributed by atoms with Crippen molar-refractivity contribution >= 4 is 10.0 Å². The molecular weight excluding hydrogens is 238 g/mol. The fourth-order valence-electron chi connectivity index (χ4n) is 1.26. The van der Waals surface area contributed by atoms with Crippen LogP contribution in [0.1, 0.15) is 26.3 Å². The van der Waals surface area contributed by atoms with Gasteiger partial charge in [0.2, 0.25) is 10.0 Å². The predicted octanol–water partition coefficient (Wildman–Crippen LogP) is 1.30. The summed E-state index contributed by atoms with van der Waals surface area (Å²) in [6.07, 6.45) is 0.872. The summed E-state index contributed by atoms with van der Waals surface area (Å²) in [6.45, 7) is 5.10. The van der Waals surface area contributed by atoms with Crippen LogP contribution >= 0.6 is 0 Å². The lowest BCUT2D eigenvalue weighted by Crippen LogP contribution is -2.38. The molecule has 0 radical (unpaired) electrons. The van der Waals surface area contributed by atoms with Crippen LogP contribution in [0.25, 0.3) is 0 Å². The van der Waals surface area contributed by atoms with E-state index >= 15 is 0 Å². The van der Waals surface area contributed by atoms with Crippen LogP contribution in [0.15, 0.2) is 29.2 Å². The Bertz CT molecular complexity index is 458. The molecule has 0 spiro atoms. The summed E-state index contributed by atoms with van der Waals surface area (Å²) in [5, 5.41) is 9.48. The number of sulfonamides is 1. The van der Waals surface area contributed by atoms with Crippen molar-refractivity contribution in [2.45, 2.75) is 37.7 Å². The lowest BCUT2D eigenvalue weighted by Gasteiger charge is -2.17. The van der Waals surface area contributed by atoms with Gasteiger partial charge in [0, 0.05) is 6.54 Å². The summed E-state index contributed by atoms with van der Waals surface area (Å²) >= 11 is 0.